The van der Waals surface area contributed by atoms with Gasteiger partial charge in [-0.2, -0.15) is 13.2 Å². The number of hydrogen-bond acceptors (Lipinski definition) is 4. The van der Waals surface area contributed by atoms with Crippen molar-refractivity contribution in [2.24, 2.45) is 0 Å². The minimum Gasteiger partial charge on any atom is -0.496 e. The summed E-state index contributed by atoms with van der Waals surface area (Å²) < 4.78 is 42.5. The number of aliphatic hydroxyl groups is 1. The standard InChI is InChI=1S/C13H12F3NO2S/c1-7-5-8(3-4-9(7)19-2)11(18)10-6-17-12(20-10)13(14,15)16/h3-6,11,18H,1-2H3. The van der Waals surface area contributed by atoms with Crippen molar-refractivity contribution >= 4 is 11.3 Å². The fourth-order valence-corrected chi connectivity index (χ4v) is 2.58. The van der Waals surface area contributed by atoms with Gasteiger partial charge in [-0.05, 0) is 30.2 Å². The average molecular weight is 303 g/mol. The Kier molecular flexibility index (Phi) is 4.01. The number of aryl methyl sites for hydroxylation is 1. The predicted molar refractivity (Wildman–Crippen MR) is 68.9 cm³/mol. The highest BCUT2D eigenvalue weighted by Gasteiger charge is 2.35. The molecule has 0 bridgehead atoms. The Morgan fingerprint density at radius 1 is 1.35 bits per heavy atom. The number of benzene rings is 1. The second-order valence-electron chi connectivity index (χ2n) is 4.20. The largest absolute Gasteiger partial charge is 0.496 e. The zero-order chi connectivity index (χ0) is 14.9. The highest BCUT2D eigenvalue weighted by Crippen LogP contribution is 2.36. The van der Waals surface area contributed by atoms with Gasteiger partial charge in [-0.15, -0.1) is 11.3 Å². The van der Waals surface area contributed by atoms with Crippen LogP contribution in [0.25, 0.3) is 0 Å². The van der Waals surface area contributed by atoms with Crippen LogP contribution in [0.1, 0.15) is 27.1 Å². The summed E-state index contributed by atoms with van der Waals surface area (Å²) in [5.41, 5.74) is 1.30. The van der Waals surface area contributed by atoms with E-state index in [1.54, 1.807) is 25.1 Å². The van der Waals surface area contributed by atoms with Gasteiger partial charge < -0.3 is 9.84 Å². The fraction of sp³-hybridized carbons (Fsp3) is 0.308. The van der Waals surface area contributed by atoms with Gasteiger partial charge in [0, 0.05) is 6.20 Å². The number of aromatic nitrogens is 1. The molecule has 0 spiro atoms. The molecule has 2 rings (SSSR count). The number of nitrogens with zero attached hydrogens (tertiary/aromatic N) is 1. The zero-order valence-electron chi connectivity index (χ0n) is 10.7. The molecule has 3 nitrogen and oxygen atoms in total. The van der Waals surface area contributed by atoms with Crippen LogP contribution in [0, 0.1) is 6.92 Å². The van der Waals surface area contributed by atoms with Crippen LogP contribution >= 0.6 is 11.3 Å². The molecule has 1 N–H and O–H groups in total. The van der Waals surface area contributed by atoms with E-state index < -0.39 is 17.3 Å². The summed E-state index contributed by atoms with van der Waals surface area (Å²) in [5.74, 6) is 0.654. The van der Waals surface area contributed by atoms with Crippen LogP contribution in [0.15, 0.2) is 24.4 Å². The third-order valence-electron chi connectivity index (χ3n) is 2.77. The Morgan fingerprint density at radius 2 is 2.05 bits per heavy atom. The minimum absolute atomic E-state index is 0.155. The van der Waals surface area contributed by atoms with Gasteiger partial charge in [0.1, 0.15) is 11.9 Å². The molecule has 1 atom stereocenters. The Bertz CT molecular complexity index is 610. The molecule has 0 amide bonds. The Labute approximate surface area is 117 Å². The molecule has 0 saturated heterocycles. The van der Waals surface area contributed by atoms with Crippen molar-refractivity contribution in [3.63, 3.8) is 0 Å². The van der Waals surface area contributed by atoms with Gasteiger partial charge in [-0.3, -0.25) is 0 Å². The third kappa shape index (κ3) is 2.94. The van der Waals surface area contributed by atoms with Gasteiger partial charge in [0.05, 0.1) is 12.0 Å². The molecule has 2 aromatic rings. The first kappa shape index (κ1) is 14.8. The number of rotatable bonds is 3. The number of aliphatic hydroxyl groups excluding tert-OH is 1. The fourth-order valence-electron chi connectivity index (χ4n) is 1.78. The molecular formula is C13H12F3NO2S. The number of ether oxygens (including phenoxy) is 1. The van der Waals surface area contributed by atoms with Crippen molar-refractivity contribution < 1.29 is 23.0 Å². The molecule has 1 aromatic carbocycles. The van der Waals surface area contributed by atoms with E-state index >= 15 is 0 Å². The van der Waals surface area contributed by atoms with Gasteiger partial charge in [0.2, 0.25) is 0 Å². The lowest BCUT2D eigenvalue weighted by Gasteiger charge is -2.11. The number of alkyl halides is 3. The highest BCUT2D eigenvalue weighted by atomic mass is 32.1. The van der Waals surface area contributed by atoms with E-state index in [1.807, 2.05) is 0 Å². The first-order valence-electron chi connectivity index (χ1n) is 5.68. The average Bonchev–Trinajstić information content (AvgIpc) is 2.87. The summed E-state index contributed by atoms with van der Waals surface area (Å²) in [6.45, 7) is 1.79. The first-order chi connectivity index (χ1) is 9.32. The molecule has 0 fully saturated rings. The van der Waals surface area contributed by atoms with E-state index in [0.717, 1.165) is 11.8 Å². The topological polar surface area (TPSA) is 42.4 Å². The summed E-state index contributed by atoms with van der Waals surface area (Å²) >= 11 is 0.441. The summed E-state index contributed by atoms with van der Waals surface area (Å²) in [7, 11) is 1.53. The first-order valence-corrected chi connectivity index (χ1v) is 6.50. The van der Waals surface area contributed by atoms with Crippen LogP contribution in [-0.2, 0) is 6.18 Å². The number of methoxy groups -OCH3 is 1. The molecule has 0 aliphatic rings. The quantitative estimate of drug-likeness (QED) is 0.942. The number of thiazole rings is 1. The molecule has 0 saturated carbocycles. The Hall–Kier alpha value is -1.60. The van der Waals surface area contributed by atoms with Gasteiger partial charge >= 0.3 is 6.18 Å². The van der Waals surface area contributed by atoms with Crippen molar-refractivity contribution in [3.05, 3.63) is 45.4 Å². The summed E-state index contributed by atoms with van der Waals surface area (Å²) in [4.78, 5) is 3.45. The van der Waals surface area contributed by atoms with E-state index in [2.05, 4.69) is 4.98 Å². The lowest BCUT2D eigenvalue weighted by atomic mass is 10.1. The molecule has 0 aliphatic carbocycles. The van der Waals surface area contributed by atoms with Crippen molar-refractivity contribution in [2.45, 2.75) is 19.2 Å². The monoisotopic (exact) mass is 303 g/mol. The van der Waals surface area contributed by atoms with Crippen LogP contribution in [-0.4, -0.2) is 17.2 Å². The Morgan fingerprint density at radius 3 is 2.55 bits per heavy atom. The van der Waals surface area contributed by atoms with Crippen molar-refractivity contribution in [1.82, 2.24) is 4.98 Å². The van der Waals surface area contributed by atoms with Crippen LogP contribution in [0.3, 0.4) is 0 Å². The normalized spacial score (nSPS) is 13.3. The van der Waals surface area contributed by atoms with Gasteiger partial charge in [-0.1, -0.05) is 6.07 Å². The summed E-state index contributed by atoms with van der Waals surface area (Å²) in [6.07, 6.45) is -4.57. The maximum absolute atomic E-state index is 12.5. The van der Waals surface area contributed by atoms with Gasteiger partial charge in [0.15, 0.2) is 5.01 Å². The third-order valence-corrected chi connectivity index (χ3v) is 3.86. The van der Waals surface area contributed by atoms with Crippen molar-refractivity contribution in [1.29, 1.82) is 0 Å². The highest BCUT2D eigenvalue weighted by molar-refractivity contribution is 7.11. The van der Waals surface area contributed by atoms with Crippen LogP contribution < -0.4 is 4.74 Å². The zero-order valence-corrected chi connectivity index (χ0v) is 11.5. The summed E-state index contributed by atoms with van der Waals surface area (Å²) in [6, 6.07) is 4.96. The van der Waals surface area contributed by atoms with E-state index in [0.29, 0.717) is 22.6 Å². The Balaban J connectivity index is 2.29. The molecular weight excluding hydrogens is 291 g/mol. The SMILES string of the molecule is COc1ccc(C(O)c2cnc(C(F)(F)F)s2)cc1C. The second kappa shape index (κ2) is 5.41. The molecule has 7 heteroatoms. The van der Waals surface area contributed by atoms with E-state index in [1.165, 1.54) is 7.11 Å². The molecule has 20 heavy (non-hydrogen) atoms. The molecule has 0 radical (unpaired) electrons. The van der Waals surface area contributed by atoms with Gasteiger partial charge in [0.25, 0.3) is 0 Å². The van der Waals surface area contributed by atoms with E-state index in [-0.39, 0.29) is 4.88 Å². The minimum atomic E-state index is -4.49. The molecule has 108 valence electrons. The lowest BCUT2D eigenvalue weighted by molar-refractivity contribution is -0.137. The molecule has 1 aromatic heterocycles. The van der Waals surface area contributed by atoms with Crippen molar-refractivity contribution in [2.75, 3.05) is 7.11 Å². The lowest BCUT2D eigenvalue weighted by Crippen LogP contribution is -2.03. The smallest absolute Gasteiger partial charge is 0.443 e. The second-order valence-corrected chi connectivity index (χ2v) is 5.26. The number of hydrogen-bond donors (Lipinski definition) is 1. The van der Waals surface area contributed by atoms with Crippen molar-refractivity contribution in [3.8, 4) is 5.75 Å². The van der Waals surface area contributed by atoms with E-state index in [4.69, 9.17) is 4.74 Å². The molecule has 1 unspecified atom stereocenters. The predicted octanol–water partition coefficient (Wildman–Crippen LogP) is 3.56. The van der Waals surface area contributed by atoms with Crippen LogP contribution in [0.5, 0.6) is 5.75 Å². The van der Waals surface area contributed by atoms with Gasteiger partial charge in [-0.25, -0.2) is 4.98 Å². The maximum Gasteiger partial charge on any atom is 0.443 e. The van der Waals surface area contributed by atoms with Crippen LogP contribution in [0.2, 0.25) is 0 Å². The van der Waals surface area contributed by atoms with E-state index in [9.17, 15) is 18.3 Å². The number of halogens is 3. The molecule has 0 aliphatic heterocycles. The molecule has 1 heterocycles. The maximum atomic E-state index is 12.5. The summed E-state index contributed by atoms with van der Waals surface area (Å²) in [5, 5.41) is 9.16. The van der Waals surface area contributed by atoms with Crippen LogP contribution in [0.4, 0.5) is 13.2 Å².